The maximum absolute atomic E-state index is 12.5. The predicted octanol–water partition coefficient (Wildman–Crippen LogP) is 4.32. The Morgan fingerprint density at radius 1 is 1.28 bits per heavy atom. The molecule has 0 radical (unpaired) electrons. The molecule has 8 heteroatoms. The van der Waals surface area contributed by atoms with Crippen LogP contribution in [0.15, 0.2) is 57.0 Å². The molecule has 0 saturated carbocycles. The first-order valence-corrected chi connectivity index (χ1v) is 9.23. The number of carbonyl (C=O) groups excluding carboxylic acids is 1. The molecule has 1 aliphatic heterocycles. The van der Waals surface area contributed by atoms with Crippen molar-refractivity contribution in [2.75, 3.05) is 13.1 Å². The molecule has 0 aliphatic carbocycles. The number of amides is 1. The minimum atomic E-state index is -0.0288. The zero-order valence-electron chi connectivity index (χ0n) is 13.4. The van der Waals surface area contributed by atoms with Gasteiger partial charge in [0, 0.05) is 28.2 Å². The summed E-state index contributed by atoms with van der Waals surface area (Å²) in [6, 6.07) is 11.9. The minimum Gasteiger partial charge on any atom is -0.350 e. The average molecular weight is 465 g/mol. The van der Waals surface area contributed by atoms with Crippen LogP contribution in [0.3, 0.4) is 0 Å². The number of carbonyl (C=O) groups is 1. The molecule has 1 aromatic heterocycles. The van der Waals surface area contributed by atoms with Crippen molar-refractivity contribution in [1.82, 2.24) is 15.6 Å². The Kier molecular flexibility index (Phi) is 9.82. The molecular formula is C17H20BrCl2N3OS. The molecule has 1 amide bonds. The number of pyridine rings is 1. The fourth-order valence-corrected chi connectivity index (χ4v) is 3.64. The molecule has 2 heterocycles. The molecule has 1 atom stereocenters. The lowest BCUT2D eigenvalue weighted by Crippen LogP contribution is -2.37. The number of aromatic nitrogens is 1. The van der Waals surface area contributed by atoms with Gasteiger partial charge in [0.15, 0.2) is 0 Å². The highest BCUT2D eigenvalue weighted by molar-refractivity contribution is 9.10. The molecule has 25 heavy (non-hydrogen) atoms. The van der Waals surface area contributed by atoms with Gasteiger partial charge in [-0.15, -0.1) is 24.8 Å². The van der Waals surface area contributed by atoms with Gasteiger partial charge in [-0.05, 0) is 59.6 Å². The van der Waals surface area contributed by atoms with Crippen LogP contribution < -0.4 is 10.6 Å². The van der Waals surface area contributed by atoms with Crippen LogP contribution in [-0.4, -0.2) is 30.0 Å². The van der Waals surface area contributed by atoms with Gasteiger partial charge in [-0.2, -0.15) is 0 Å². The van der Waals surface area contributed by atoms with Gasteiger partial charge < -0.3 is 10.6 Å². The Morgan fingerprint density at radius 2 is 2.08 bits per heavy atom. The lowest BCUT2D eigenvalue weighted by atomic mass is 10.2. The van der Waals surface area contributed by atoms with Crippen LogP contribution in [-0.2, 0) is 0 Å². The number of nitrogens with one attached hydrogen (secondary N) is 2. The molecule has 136 valence electrons. The lowest BCUT2D eigenvalue weighted by molar-refractivity contribution is 0.0947. The molecule has 1 saturated heterocycles. The summed E-state index contributed by atoms with van der Waals surface area (Å²) in [5.41, 5.74) is 0.695. The molecule has 2 aromatic rings. The Labute approximate surface area is 172 Å². The van der Waals surface area contributed by atoms with Gasteiger partial charge in [0.1, 0.15) is 5.03 Å². The van der Waals surface area contributed by atoms with E-state index in [-0.39, 0.29) is 30.7 Å². The Morgan fingerprint density at radius 3 is 2.76 bits per heavy atom. The van der Waals surface area contributed by atoms with Gasteiger partial charge >= 0.3 is 0 Å². The van der Waals surface area contributed by atoms with Gasteiger partial charge in [0.05, 0.1) is 5.56 Å². The molecule has 0 bridgehead atoms. The first kappa shape index (κ1) is 22.3. The zero-order chi connectivity index (χ0) is 16.1. The lowest BCUT2D eigenvalue weighted by Gasteiger charge is -2.13. The SMILES string of the molecule is Cl.Cl.O=C(NCC1CCCN1)c1ccccc1Sc1ccc(Br)cn1. The van der Waals surface area contributed by atoms with Crippen molar-refractivity contribution < 1.29 is 4.79 Å². The van der Waals surface area contributed by atoms with E-state index in [9.17, 15) is 4.79 Å². The monoisotopic (exact) mass is 463 g/mol. The van der Waals surface area contributed by atoms with Gasteiger partial charge in [-0.3, -0.25) is 4.79 Å². The average Bonchev–Trinajstić information content (AvgIpc) is 3.09. The molecule has 2 N–H and O–H groups in total. The quantitative estimate of drug-likeness (QED) is 0.691. The van der Waals surface area contributed by atoms with Crippen molar-refractivity contribution in [2.45, 2.75) is 28.8 Å². The molecular weight excluding hydrogens is 445 g/mol. The van der Waals surface area contributed by atoms with E-state index < -0.39 is 0 Å². The summed E-state index contributed by atoms with van der Waals surface area (Å²) >= 11 is 4.88. The van der Waals surface area contributed by atoms with Gasteiger partial charge in [-0.1, -0.05) is 23.9 Å². The molecule has 0 spiro atoms. The molecule has 1 aromatic carbocycles. The van der Waals surface area contributed by atoms with E-state index in [1.807, 2.05) is 36.4 Å². The van der Waals surface area contributed by atoms with E-state index in [0.717, 1.165) is 27.4 Å². The van der Waals surface area contributed by atoms with E-state index in [0.29, 0.717) is 18.2 Å². The summed E-state index contributed by atoms with van der Waals surface area (Å²) in [6.07, 6.45) is 4.07. The second-order valence-electron chi connectivity index (χ2n) is 5.42. The molecule has 4 nitrogen and oxygen atoms in total. The first-order valence-electron chi connectivity index (χ1n) is 7.62. The van der Waals surface area contributed by atoms with Crippen molar-refractivity contribution in [3.8, 4) is 0 Å². The van der Waals surface area contributed by atoms with Crippen LogP contribution in [0.2, 0.25) is 0 Å². The minimum absolute atomic E-state index is 0. The topological polar surface area (TPSA) is 54.0 Å². The van der Waals surface area contributed by atoms with Crippen molar-refractivity contribution in [2.24, 2.45) is 0 Å². The second-order valence-corrected chi connectivity index (χ2v) is 7.39. The van der Waals surface area contributed by atoms with E-state index in [1.54, 1.807) is 6.20 Å². The van der Waals surface area contributed by atoms with Crippen molar-refractivity contribution in [3.05, 3.63) is 52.6 Å². The Hall–Kier alpha value is -0.790. The summed E-state index contributed by atoms with van der Waals surface area (Å²) in [4.78, 5) is 17.8. The van der Waals surface area contributed by atoms with Crippen LogP contribution in [0.4, 0.5) is 0 Å². The standard InChI is InChI=1S/C17H18BrN3OS.2ClH/c18-12-7-8-16(20-10-12)23-15-6-2-1-5-14(15)17(22)21-11-13-4-3-9-19-13;;/h1-2,5-8,10,13,19H,3-4,9,11H2,(H,21,22);2*1H. The summed E-state index contributed by atoms with van der Waals surface area (Å²) < 4.78 is 0.942. The van der Waals surface area contributed by atoms with Crippen LogP contribution in [0.1, 0.15) is 23.2 Å². The predicted molar refractivity (Wildman–Crippen MR) is 110 cm³/mol. The number of halogens is 3. The highest BCUT2D eigenvalue weighted by atomic mass is 79.9. The maximum atomic E-state index is 12.5. The van der Waals surface area contributed by atoms with Crippen LogP contribution in [0.5, 0.6) is 0 Å². The molecule has 3 rings (SSSR count). The second kappa shape index (κ2) is 11.0. The summed E-state index contributed by atoms with van der Waals surface area (Å²) in [5.74, 6) is -0.0288. The number of nitrogens with zero attached hydrogens (tertiary/aromatic N) is 1. The summed E-state index contributed by atoms with van der Waals surface area (Å²) in [5, 5.41) is 7.29. The highest BCUT2D eigenvalue weighted by Gasteiger charge is 2.17. The van der Waals surface area contributed by atoms with E-state index >= 15 is 0 Å². The number of hydrogen-bond donors (Lipinski definition) is 2. The largest absolute Gasteiger partial charge is 0.350 e. The summed E-state index contributed by atoms with van der Waals surface area (Å²) in [7, 11) is 0. The third-order valence-corrected chi connectivity index (χ3v) is 5.21. The van der Waals surface area contributed by atoms with Gasteiger partial charge in [-0.25, -0.2) is 4.98 Å². The van der Waals surface area contributed by atoms with Gasteiger partial charge in [0.25, 0.3) is 5.91 Å². The van der Waals surface area contributed by atoms with E-state index in [1.165, 1.54) is 18.2 Å². The number of rotatable bonds is 5. The maximum Gasteiger partial charge on any atom is 0.252 e. The Balaban J connectivity index is 0.00000156. The van der Waals surface area contributed by atoms with Gasteiger partial charge in [0.2, 0.25) is 0 Å². The van der Waals surface area contributed by atoms with E-state index in [2.05, 4.69) is 31.5 Å². The fraction of sp³-hybridized carbons (Fsp3) is 0.294. The van der Waals surface area contributed by atoms with Crippen molar-refractivity contribution in [1.29, 1.82) is 0 Å². The third-order valence-electron chi connectivity index (χ3n) is 3.72. The van der Waals surface area contributed by atoms with Crippen molar-refractivity contribution in [3.63, 3.8) is 0 Å². The smallest absolute Gasteiger partial charge is 0.252 e. The van der Waals surface area contributed by atoms with Crippen LogP contribution in [0.25, 0.3) is 0 Å². The first-order chi connectivity index (χ1) is 11.2. The van der Waals surface area contributed by atoms with Crippen LogP contribution in [0, 0.1) is 0 Å². The number of benzene rings is 1. The van der Waals surface area contributed by atoms with Crippen LogP contribution >= 0.6 is 52.5 Å². The normalized spacial score (nSPS) is 15.8. The Bertz CT molecular complexity index is 682. The fourth-order valence-electron chi connectivity index (χ4n) is 2.52. The zero-order valence-corrected chi connectivity index (χ0v) is 17.4. The molecule has 1 aliphatic rings. The highest BCUT2D eigenvalue weighted by Crippen LogP contribution is 2.29. The third kappa shape index (κ3) is 6.46. The molecule has 1 unspecified atom stereocenters. The van der Waals surface area contributed by atoms with Crippen molar-refractivity contribution >= 4 is 58.4 Å². The van der Waals surface area contributed by atoms with E-state index in [4.69, 9.17) is 0 Å². The molecule has 1 fully saturated rings. The number of hydrogen-bond acceptors (Lipinski definition) is 4. The summed E-state index contributed by atoms with van der Waals surface area (Å²) in [6.45, 7) is 1.72.